The fourth-order valence-corrected chi connectivity index (χ4v) is 1.20. The Kier molecular flexibility index (Phi) is 3.65. The molecule has 10 heteroatoms. The largest absolute Gasteiger partial charge is 0.433 e. The van der Waals surface area contributed by atoms with E-state index in [1.54, 1.807) is 0 Å². The third-order valence-electron chi connectivity index (χ3n) is 2.02. The van der Waals surface area contributed by atoms with Crippen LogP contribution in [0.1, 0.15) is 11.5 Å². The molecular formula is C10H6N4O6. The van der Waals surface area contributed by atoms with Crippen molar-refractivity contribution in [3.63, 3.8) is 0 Å². The fourth-order valence-electron chi connectivity index (χ4n) is 1.20. The summed E-state index contributed by atoms with van der Waals surface area (Å²) in [5.41, 5.74) is 0. The summed E-state index contributed by atoms with van der Waals surface area (Å²) in [5.74, 6) is -0.507. The molecule has 0 aliphatic rings. The van der Waals surface area contributed by atoms with Crippen molar-refractivity contribution in [1.82, 2.24) is 0 Å². The van der Waals surface area contributed by atoms with Crippen LogP contribution < -0.4 is 0 Å². The lowest BCUT2D eigenvalue weighted by Gasteiger charge is -1.83. The standard InChI is InChI=1S/C10H6N4O6/c15-13(16)9-3-1-7(19-9)5-11-12-6-8-2-4-10(20-8)14(17)18/h1-6H/b11-5+,12-6+. The average molecular weight is 278 g/mol. The Hall–Kier alpha value is -3.30. The summed E-state index contributed by atoms with van der Waals surface area (Å²) in [4.78, 5) is 19.4. The van der Waals surface area contributed by atoms with Crippen molar-refractivity contribution in [3.05, 3.63) is 56.0 Å². The maximum atomic E-state index is 10.4. The molecule has 0 saturated carbocycles. The van der Waals surface area contributed by atoms with Crippen LogP contribution in [0, 0.1) is 20.2 Å². The molecule has 0 N–H and O–H groups in total. The van der Waals surface area contributed by atoms with Crippen molar-refractivity contribution in [1.29, 1.82) is 0 Å². The second kappa shape index (κ2) is 5.56. The lowest BCUT2D eigenvalue weighted by atomic mass is 10.5. The van der Waals surface area contributed by atoms with Gasteiger partial charge in [-0.05, 0) is 12.1 Å². The summed E-state index contributed by atoms with van der Waals surface area (Å²) in [7, 11) is 0. The second-order valence-electron chi connectivity index (χ2n) is 3.36. The molecule has 0 aliphatic heterocycles. The van der Waals surface area contributed by atoms with Gasteiger partial charge in [0.1, 0.15) is 9.85 Å². The van der Waals surface area contributed by atoms with Crippen molar-refractivity contribution in [2.24, 2.45) is 10.2 Å². The Morgan fingerprint density at radius 1 is 0.850 bits per heavy atom. The Labute approximate surface area is 110 Å². The Balaban J connectivity index is 1.99. The highest BCUT2D eigenvalue weighted by Crippen LogP contribution is 2.15. The zero-order chi connectivity index (χ0) is 14.5. The topological polar surface area (TPSA) is 137 Å². The zero-order valence-corrected chi connectivity index (χ0v) is 9.70. The van der Waals surface area contributed by atoms with E-state index in [0.717, 1.165) is 12.4 Å². The summed E-state index contributed by atoms with van der Waals surface area (Å²) in [6, 6.07) is 5.08. The predicted molar refractivity (Wildman–Crippen MR) is 65.9 cm³/mol. The minimum absolute atomic E-state index is 0.152. The minimum atomic E-state index is -0.678. The Morgan fingerprint density at radius 3 is 1.55 bits per heavy atom. The maximum absolute atomic E-state index is 10.4. The number of hydrogen-bond donors (Lipinski definition) is 0. The first-order chi connectivity index (χ1) is 9.56. The van der Waals surface area contributed by atoms with Crippen LogP contribution in [-0.4, -0.2) is 22.3 Å². The first kappa shape index (κ1) is 13.1. The van der Waals surface area contributed by atoms with Crippen LogP contribution >= 0.6 is 0 Å². The van der Waals surface area contributed by atoms with Crippen LogP contribution in [0.3, 0.4) is 0 Å². The molecule has 0 spiro atoms. The summed E-state index contributed by atoms with van der Waals surface area (Å²) in [6.45, 7) is 0. The van der Waals surface area contributed by atoms with Crippen molar-refractivity contribution in [2.45, 2.75) is 0 Å². The maximum Gasteiger partial charge on any atom is 0.433 e. The van der Waals surface area contributed by atoms with E-state index in [9.17, 15) is 20.2 Å². The van der Waals surface area contributed by atoms with E-state index in [4.69, 9.17) is 8.83 Å². The molecule has 2 rings (SSSR count). The van der Waals surface area contributed by atoms with Gasteiger partial charge in [-0.15, -0.1) is 0 Å². The van der Waals surface area contributed by atoms with Gasteiger partial charge < -0.3 is 8.83 Å². The van der Waals surface area contributed by atoms with E-state index in [1.807, 2.05) is 0 Å². The van der Waals surface area contributed by atoms with Gasteiger partial charge in [0.05, 0.1) is 24.6 Å². The van der Waals surface area contributed by atoms with Gasteiger partial charge in [-0.2, -0.15) is 10.2 Å². The molecule has 2 aromatic heterocycles. The van der Waals surface area contributed by atoms with Crippen LogP contribution in [0.4, 0.5) is 11.8 Å². The minimum Gasteiger partial charge on any atom is -0.400 e. The Bertz CT molecular complexity index is 638. The highest BCUT2D eigenvalue weighted by molar-refractivity contribution is 5.79. The van der Waals surface area contributed by atoms with Gasteiger partial charge in [-0.25, -0.2) is 0 Å². The highest BCUT2D eigenvalue weighted by atomic mass is 16.7. The highest BCUT2D eigenvalue weighted by Gasteiger charge is 2.11. The molecule has 2 aromatic rings. The molecule has 0 aliphatic carbocycles. The lowest BCUT2D eigenvalue weighted by molar-refractivity contribution is -0.402. The molecule has 20 heavy (non-hydrogen) atoms. The SMILES string of the molecule is O=[N+]([O-])c1ccc(/C=N/N=C/c2ccc([N+](=O)[O-])o2)o1. The molecule has 2 heterocycles. The number of furan rings is 2. The third kappa shape index (κ3) is 3.13. The molecule has 10 nitrogen and oxygen atoms in total. The smallest absolute Gasteiger partial charge is 0.400 e. The van der Waals surface area contributed by atoms with Gasteiger partial charge in [0.2, 0.25) is 0 Å². The summed E-state index contributed by atoms with van der Waals surface area (Å²) in [6.07, 6.45) is 2.31. The molecule has 0 bridgehead atoms. The van der Waals surface area contributed by atoms with Crippen LogP contribution in [0.15, 0.2) is 43.3 Å². The monoisotopic (exact) mass is 278 g/mol. The third-order valence-corrected chi connectivity index (χ3v) is 2.02. The quantitative estimate of drug-likeness (QED) is 0.466. The van der Waals surface area contributed by atoms with E-state index >= 15 is 0 Å². The van der Waals surface area contributed by atoms with Gasteiger partial charge in [0.15, 0.2) is 11.5 Å². The van der Waals surface area contributed by atoms with Crippen molar-refractivity contribution < 1.29 is 18.7 Å². The van der Waals surface area contributed by atoms with Gasteiger partial charge in [-0.1, -0.05) is 0 Å². The summed E-state index contributed by atoms with van der Waals surface area (Å²) >= 11 is 0. The molecular weight excluding hydrogens is 272 g/mol. The van der Waals surface area contributed by atoms with Gasteiger partial charge in [0, 0.05) is 0 Å². The van der Waals surface area contributed by atoms with E-state index in [0.29, 0.717) is 0 Å². The van der Waals surface area contributed by atoms with E-state index in [-0.39, 0.29) is 11.5 Å². The van der Waals surface area contributed by atoms with E-state index in [1.165, 1.54) is 24.3 Å². The number of nitrogens with zero attached hydrogens (tertiary/aromatic N) is 4. The van der Waals surface area contributed by atoms with Crippen molar-refractivity contribution >= 4 is 24.2 Å². The lowest BCUT2D eigenvalue weighted by Crippen LogP contribution is -1.83. The first-order valence-corrected chi connectivity index (χ1v) is 5.11. The zero-order valence-electron chi connectivity index (χ0n) is 9.70. The van der Waals surface area contributed by atoms with Crippen molar-refractivity contribution in [2.75, 3.05) is 0 Å². The number of nitro groups is 2. The van der Waals surface area contributed by atoms with Crippen LogP contribution in [-0.2, 0) is 0 Å². The van der Waals surface area contributed by atoms with Crippen LogP contribution in [0.5, 0.6) is 0 Å². The molecule has 0 atom stereocenters. The van der Waals surface area contributed by atoms with Crippen molar-refractivity contribution in [3.8, 4) is 0 Å². The van der Waals surface area contributed by atoms with Gasteiger partial charge >= 0.3 is 11.8 Å². The summed E-state index contributed by atoms with van der Waals surface area (Å²) in [5, 5.41) is 27.8. The molecule has 102 valence electrons. The number of hydrogen-bond acceptors (Lipinski definition) is 8. The molecule has 0 amide bonds. The second-order valence-corrected chi connectivity index (χ2v) is 3.36. The normalized spacial score (nSPS) is 11.4. The predicted octanol–water partition coefficient (Wildman–Crippen LogP) is 2.14. The molecule has 0 unspecified atom stereocenters. The van der Waals surface area contributed by atoms with Crippen LogP contribution in [0.2, 0.25) is 0 Å². The number of rotatable bonds is 5. The average Bonchev–Trinajstić information content (AvgIpc) is 3.04. The fraction of sp³-hybridized carbons (Fsp3) is 0. The van der Waals surface area contributed by atoms with Gasteiger partial charge in [0.25, 0.3) is 0 Å². The summed E-state index contributed by atoms with van der Waals surface area (Å²) < 4.78 is 9.60. The molecule has 0 radical (unpaired) electrons. The van der Waals surface area contributed by atoms with E-state index in [2.05, 4.69) is 10.2 Å². The van der Waals surface area contributed by atoms with E-state index < -0.39 is 21.6 Å². The van der Waals surface area contributed by atoms with Crippen LogP contribution in [0.25, 0.3) is 0 Å². The molecule has 0 saturated heterocycles. The van der Waals surface area contributed by atoms with Gasteiger partial charge in [-0.3, -0.25) is 20.2 Å². The first-order valence-electron chi connectivity index (χ1n) is 5.11. The molecule has 0 aromatic carbocycles. The molecule has 0 fully saturated rings. The Morgan fingerprint density at radius 2 is 1.25 bits per heavy atom.